The van der Waals surface area contributed by atoms with E-state index in [1.54, 1.807) is 0 Å². The van der Waals surface area contributed by atoms with Gasteiger partial charge in [0, 0.05) is 12.2 Å². The Hall–Kier alpha value is -0.613. The molecule has 16 heavy (non-hydrogen) atoms. The normalized spacial score (nSPS) is 23.8. The van der Waals surface area contributed by atoms with Crippen LogP contribution in [-0.4, -0.2) is 27.0 Å². The zero-order valence-corrected chi connectivity index (χ0v) is 11.3. The van der Waals surface area contributed by atoms with E-state index in [4.69, 9.17) is 9.16 Å². The number of rotatable bonds is 5. The van der Waals surface area contributed by atoms with Gasteiger partial charge in [-0.3, -0.25) is 0 Å². The largest absolute Gasteiger partial charge is 0.463 e. The Morgan fingerprint density at radius 3 is 3.00 bits per heavy atom. The van der Waals surface area contributed by atoms with Crippen LogP contribution < -0.4 is 0 Å². The summed E-state index contributed by atoms with van der Waals surface area (Å²) in [6.07, 6.45) is 5.92. The average molecular weight is 242 g/mol. The molecule has 0 aromatic rings. The molecule has 1 rings (SSSR count). The predicted molar refractivity (Wildman–Crippen MR) is 66.8 cm³/mol. The highest BCUT2D eigenvalue weighted by Crippen LogP contribution is 2.27. The molecule has 1 aliphatic heterocycles. The molecule has 0 aromatic heterocycles. The molecule has 1 saturated heterocycles. The van der Waals surface area contributed by atoms with Gasteiger partial charge in [-0.2, -0.15) is 0 Å². The lowest BCUT2D eigenvalue weighted by Crippen LogP contribution is -2.39. The lowest BCUT2D eigenvalue weighted by molar-refractivity contribution is -0.138. The molecule has 4 heteroatoms. The fourth-order valence-electron chi connectivity index (χ4n) is 2.07. The predicted octanol–water partition coefficient (Wildman–Crippen LogP) is 2.88. The highest BCUT2D eigenvalue weighted by molar-refractivity contribution is 6.71. The van der Waals surface area contributed by atoms with Gasteiger partial charge in [-0.1, -0.05) is 13.0 Å². The monoisotopic (exact) mass is 242 g/mol. The first-order valence-corrected chi connectivity index (χ1v) is 9.12. The third-order valence-electron chi connectivity index (χ3n) is 2.87. The maximum Gasteiger partial charge on any atom is 0.330 e. The van der Waals surface area contributed by atoms with Gasteiger partial charge in [0.1, 0.15) is 0 Å². The number of hydrogen-bond donors (Lipinski definition) is 0. The van der Waals surface area contributed by atoms with Crippen LogP contribution in [0.5, 0.6) is 0 Å². The molecule has 1 fully saturated rings. The number of carbonyl (C=O) groups excluding carboxylic acids is 1. The smallest absolute Gasteiger partial charge is 0.330 e. The van der Waals surface area contributed by atoms with Crippen molar-refractivity contribution in [2.75, 3.05) is 6.61 Å². The van der Waals surface area contributed by atoms with E-state index in [1.807, 2.05) is 0 Å². The molecule has 0 N–H and O–H groups in total. The van der Waals surface area contributed by atoms with Crippen LogP contribution >= 0.6 is 0 Å². The van der Waals surface area contributed by atoms with Crippen LogP contribution in [0.3, 0.4) is 0 Å². The van der Waals surface area contributed by atoms with Crippen LogP contribution in [0.15, 0.2) is 12.7 Å². The Morgan fingerprint density at radius 1 is 1.62 bits per heavy atom. The minimum atomic E-state index is -1.37. The summed E-state index contributed by atoms with van der Waals surface area (Å²) in [5.41, 5.74) is 0. The Kier molecular flexibility index (Phi) is 5.22. The van der Waals surface area contributed by atoms with Gasteiger partial charge in [-0.15, -0.1) is 0 Å². The van der Waals surface area contributed by atoms with Crippen molar-refractivity contribution in [2.24, 2.45) is 0 Å². The second-order valence-corrected chi connectivity index (χ2v) is 9.16. The zero-order valence-electron chi connectivity index (χ0n) is 10.3. The number of ether oxygens (including phenoxy) is 1. The summed E-state index contributed by atoms with van der Waals surface area (Å²) >= 11 is 0. The molecule has 1 unspecified atom stereocenters. The molecule has 92 valence electrons. The Morgan fingerprint density at radius 2 is 2.38 bits per heavy atom. The molecule has 0 spiro atoms. The molecular weight excluding hydrogens is 220 g/mol. The quantitative estimate of drug-likeness (QED) is 0.322. The van der Waals surface area contributed by atoms with Crippen molar-refractivity contribution in [1.82, 2.24) is 0 Å². The van der Waals surface area contributed by atoms with Gasteiger partial charge in [0.2, 0.25) is 0 Å². The second kappa shape index (κ2) is 6.20. The standard InChI is InChI=1S/C12H22O3Si/c1-4-12(13)14-9-5-7-11-8-6-10-16(2,3)15-11/h4,11H,1,5-10H2,2-3H3. The highest BCUT2D eigenvalue weighted by atomic mass is 28.4. The van der Waals surface area contributed by atoms with Gasteiger partial charge in [0.05, 0.1) is 6.61 Å². The fraction of sp³-hybridized carbons (Fsp3) is 0.750. The third-order valence-corrected chi connectivity index (χ3v) is 5.40. The van der Waals surface area contributed by atoms with E-state index < -0.39 is 8.32 Å². The summed E-state index contributed by atoms with van der Waals surface area (Å²) in [5.74, 6) is -0.334. The van der Waals surface area contributed by atoms with Crippen LogP contribution in [0.2, 0.25) is 19.1 Å². The Bertz CT molecular complexity index is 251. The van der Waals surface area contributed by atoms with Gasteiger partial charge in [-0.05, 0) is 38.4 Å². The highest BCUT2D eigenvalue weighted by Gasteiger charge is 2.30. The summed E-state index contributed by atoms with van der Waals surface area (Å²) in [4.78, 5) is 10.8. The first-order valence-electron chi connectivity index (χ1n) is 6.00. The summed E-state index contributed by atoms with van der Waals surface area (Å²) in [7, 11) is -1.37. The Labute approximate surface area is 99.0 Å². The summed E-state index contributed by atoms with van der Waals surface area (Å²) in [6, 6.07) is 1.27. The lowest BCUT2D eigenvalue weighted by atomic mass is 10.1. The minimum absolute atomic E-state index is 0.334. The van der Waals surface area contributed by atoms with Gasteiger partial charge in [0.15, 0.2) is 8.32 Å². The zero-order chi connectivity index (χ0) is 12.0. The van der Waals surface area contributed by atoms with Gasteiger partial charge >= 0.3 is 5.97 Å². The van der Waals surface area contributed by atoms with Crippen molar-refractivity contribution in [1.29, 1.82) is 0 Å². The van der Waals surface area contributed by atoms with Crippen LogP contribution in [0, 0.1) is 0 Å². The summed E-state index contributed by atoms with van der Waals surface area (Å²) in [6.45, 7) is 8.38. The lowest BCUT2D eigenvalue weighted by Gasteiger charge is -2.34. The van der Waals surface area contributed by atoms with Crippen molar-refractivity contribution >= 4 is 14.3 Å². The molecule has 1 aliphatic rings. The molecule has 0 saturated carbocycles. The maximum absolute atomic E-state index is 10.8. The van der Waals surface area contributed by atoms with E-state index in [0.717, 1.165) is 19.3 Å². The van der Waals surface area contributed by atoms with Crippen LogP contribution in [0.1, 0.15) is 25.7 Å². The SMILES string of the molecule is C=CC(=O)OCCCC1CCC[Si](C)(C)O1. The molecule has 0 amide bonds. The third kappa shape index (κ3) is 4.94. The van der Waals surface area contributed by atoms with Gasteiger partial charge in [-0.25, -0.2) is 4.79 Å². The van der Waals surface area contributed by atoms with E-state index in [2.05, 4.69) is 19.7 Å². The van der Waals surface area contributed by atoms with E-state index in [0.29, 0.717) is 12.7 Å². The number of esters is 1. The molecule has 1 atom stereocenters. The van der Waals surface area contributed by atoms with Crippen LogP contribution in [0.4, 0.5) is 0 Å². The van der Waals surface area contributed by atoms with Crippen molar-refractivity contribution < 1.29 is 14.0 Å². The Balaban J connectivity index is 2.13. The summed E-state index contributed by atoms with van der Waals surface area (Å²) < 4.78 is 11.0. The van der Waals surface area contributed by atoms with Crippen molar-refractivity contribution in [3.63, 3.8) is 0 Å². The van der Waals surface area contributed by atoms with E-state index in [-0.39, 0.29) is 5.97 Å². The molecule has 0 aromatic carbocycles. The summed E-state index contributed by atoms with van der Waals surface area (Å²) in [5, 5.41) is 0. The van der Waals surface area contributed by atoms with Crippen molar-refractivity contribution in [3.8, 4) is 0 Å². The van der Waals surface area contributed by atoms with E-state index in [1.165, 1.54) is 18.5 Å². The minimum Gasteiger partial charge on any atom is -0.463 e. The van der Waals surface area contributed by atoms with Gasteiger partial charge < -0.3 is 9.16 Å². The first-order chi connectivity index (χ1) is 7.53. The van der Waals surface area contributed by atoms with Gasteiger partial charge in [0.25, 0.3) is 0 Å². The first kappa shape index (κ1) is 13.5. The van der Waals surface area contributed by atoms with E-state index in [9.17, 15) is 4.79 Å². The van der Waals surface area contributed by atoms with Crippen LogP contribution in [-0.2, 0) is 14.0 Å². The fourth-order valence-corrected chi connectivity index (χ4v) is 4.38. The molecule has 0 aliphatic carbocycles. The number of carbonyl (C=O) groups is 1. The molecule has 0 bridgehead atoms. The van der Waals surface area contributed by atoms with Crippen LogP contribution in [0.25, 0.3) is 0 Å². The topological polar surface area (TPSA) is 35.5 Å². The molecule has 0 radical (unpaired) electrons. The average Bonchev–Trinajstić information content (AvgIpc) is 2.22. The molecular formula is C12H22O3Si. The maximum atomic E-state index is 10.8. The second-order valence-electron chi connectivity index (χ2n) is 4.91. The van der Waals surface area contributed by atoms with E-state index >= 15 is 0 Å². The van der Waals surface area contributed by atoms with Crippen molar-refractivity contribution in [3.05, 3.63) is 12.7 Å². The molecule has 1 heterocycles. The number of hydrogen-bond acceptors (Lipinski definition) is 3. The van der Waals surface area contributed by atoms with Crippen molar-refractivity contribution in [2.45, 2.75) is 50.9 Å². The molecule has 3 nitrogen and oxygen atoms in total.